The third-order valence-electron chi connectivity index (χ3n) is 5.99. The highest BCUT2D eigenvalue weighted by atomic mass is 32.2. The molecule has 0 amide bonds. The lowest BCUT2D eigenvalue weighted by Gasteiger charge is -2.28. The van der Waals surface area contributed by atoms with Gasteiger partial charge in [0.15, 0.2) is 5.11 Å². The third-order valence-corrected chi connectivity index (χ3v) is 7.96. The number of imidazole rings is 1. The number of benzene rings is 1. The van der Waals surface area contributed by atoms with Crippen LogP contribution < -0.4 is 5.32 Å². The standard InChI is InChI=1S/C24H33FN4O3S2/c1-17(2)13-28(23(33)27-20-9-10-20)14-21-12-26-24(29(21)15-22-4-3-11-32-22)34(30,31)16-18-5-7-19(25)8-6-18/h5-8,12,17,20,22H,3-4,9-11,13-16H2,1-2H3,(H,27,33). The SMILES string of the molecule is CC(C)CN(Cc1cnc(S(=O)(=O)Cc2ccc(F)cc2)n1CC1CCCO1)C(=S)NC1CC1. The monoisotopic (exact) mass is 508 g/mol. The first-order valence-electron chi connectivity index (χ1n) is 11.9. The number of rotatable bonds is 10. The largest absolute Gasteiger partial charge is 0.376 e. The predicted octanol–water partition coefficient (Wildman–Crippen LogP) is 3.67. The normalized spacial score (nSPS) is 18.4. The molecule has 1 aromatic heterocycles. The molecule has 186 valence electrons. The minimum absolute atomic E-state index is 0.0212. The summed E-state index contributed by atoms with van der Waals surface area (Å²) in [6.07, 6.45) is 5.67. The molecule has 0 bridgehead atoms. The Morgan fingerprint density at radius 2 is 2.03 bits per heavy atom. The molecular formula is C24H33FN4O3S2. The molecule has 0 spiro atoms. The van der Waals surface area contributed by atoms with E-state index in [1.54, 1.807) is 10.8 Å². The van der Waals surface area contributed by atoms with Crippen molar-refractivity contribution in [2.45, 2.75) is 75.7 Å². The molecule has 4 rings (SSSR count). The Kier molecular flexibility index (Phi) is 7.89. The first-order chi connectivity index (χ1) is 16.2. The summed E-state index contributed by atoms with van der Waals surface area (Å²) >= 11 is 5.69. The summed E-state index contributed by atoms with van der Waals surface area (Å²) < 4.78 is 47.7. The van der Waals surface area contributed by atoms with Crippen LogP contribution in [0.3, 0.4) is 0 Å². The Balaban J connectivity index is 1.62. The number of sulfone groups is 1. The summed E-state index contributed by atoms with van der Waals surface area (Å²) in [5, 5.41) is 4.11. The van der Waals surface area contributed by atoms with E-state index in [4.69, 9.17) is 17.0 Å². The van der Waals surface area contributed by atoms with Gasteiger partial charge in [-0.1, -0.05) is 26.0 Å². The van der Waals surface area contributed by atoms with Crippen molar-refractivity contribution in [3.05, 3.63) is 47.5 Å². The molecule has 10 heteroatoms. The van der Waals surface area contributed by atoms with E-state index in [0.29, 0.717) is 42.3 Å². The van der Waals surface area contributed by atoms with Gasteiger partial charge in [-0.05, 0) is 61.5 Å². The summed E-state index contributed by atoms with van der Waals surface area (Å²) in [4.78, 5) is 6.46. The lowest BCUT2D eigenvalue weighted by Crippen LogP contribution is -2.42. The smallest absolute Gasteiger partial charge is 0.228 e. The molecule has 1 N–H and O–H groups in total. The van der Waals surface area contributed by atoms with Crippen LogP contribution >= 0.6 is 12.2 Å². The van der Waals surface area contributed by atoms with E-state index < -0.39 is 15.7 Å². The molecule has 1 unspecified atom stereocenters. The van der Waals surface area contributed by atoms with Gasteiger partial charge in [-0.3, -0.25) is 0 Å². The van der Waals surface area contributed by atoms with Gasteiger partial charge in [0.25, 0.3) is 0 Å². The quantitative estimate of drug-likeness (QED) is 0.491. The Bertz CT molecular complexity index is 1090. The minimum Gasteiger partial charge on any atom is -0.376 e. The second-order valence-corrected chi connectivity index (χ2v) is 11.9. The molecule has 0 radical (unpaired) electrons. The van der Waals surface area contributed by atoms with E-state index in [1.165, 1.54) is 24.3 Å². The van der Waals surface area contributed by atoms with Crippen LogP contribution in [-0.4, -0.2) is 53.3 Å². The van der Waals surface area contributed by atoms with Gasteiger partial charge in [-0.15, -0.1) is 0 Å². The molecule has 1 aliphatic carbocycles. The fourth-order valence-corrected chi connectivity index (χ4v) is 5.97. The molecule has 2 heterocycles. The van der Waals surface area contributed by atoms with Gasteiger partial charge in [0, 0.05) is 19.2 Å². The molecular weight excluding hydrogens is 475 g/mol. The van der Waals surface area contributed by atoms with Crippen molar-refractivity contribution >= 4 is 27.2 Å². The Morgan fingerprint density at radius 1 is 1.29 bits per heavy atom. The van der Waals surface area contributed by atoms with Crippen LogP contribution in [0.25, 0.3) is 0 Å². The van der Waals surface area contributed by atoms with Gasteiger partial charge in [0.1, 0.15) is 5.82 Å². The lowest BCUT2D eigenvalue weighted by atomic mass is 10.2. The van der Waals surface area contributed by atoms with Gasteiger partial charge < -0.3 is 19.5 Å². The highest BCUT2D eigenvalue weighted by molar-refractivity contribution is 7.90. The van der Waals surface area contributed by atoms with E-state index in [0.717, 1.165) is 37.9 Å². The van der Waals surface area contributed by atoms with Crippen molar-refractivity contribution in [3.63, 3.8) is 0 Å². The first kappa shape index (κ1) is 25.1. The number of hydrogen-bond acceptors (Lipinski definition) is 5. The van der Waals surface area contributed by atoms with Crippen LogP contribution in [0.1, 0.15) is 50.8 Å². The minimum atomic E-state index is -3.76. The van der Waals surface area contributed by atoms with Crippen molar-refractivity contribution in [1.29, 1.82) is 0 Å². The van der Waals surface area contributed by atoms with Gasteiger partial charge in [-0.25, -0.2) is 17.8 Å². The zero-order valence-electron chi connectivity index (χ0n) is 19.7. The van der Waals surface area contributed by atoms with Crippen molar-refractivity contribution in [1.82, 2.24) is 19.8 Å². The first-order valence-corrected chi connectivity index (χ1v) is 14.0. The molecule has 1 atom stereocenters. The third kappa shape index (κ3) is 6.55. The Morgan fingerprint density at radius 3 is 2.65 bits per heavy atom. The number of hydrogen-bond donors (Lipinski definition) is 1. The summed E-state index contributed by atoms with van der Waals surface area (Å²) in [6.45, 7) is 6.58. The van der Waals surface area contributed by atoms with Crippen molar-refractivity contribution in [3.8, 4) is 0 Å². The lowest BCUT2D eigenvalue weighted by molar-refractivity contribution is 0.0936. The van der Waals surface area contributed by atoms with Crippen molar-refractivity contribution in [2.75, 3.05) is 13.2 Å². The highest BCUT2D eigenvalue weighted by Gasteiger charge is 2.29. The van der Waals surface area contributed by atoms with E-state index >= 15 is 0 Å². The molecule has 1 aromatic carbocycles. The molecule has 1 aliphatic heterocycles. The van der Waals surface area contributed by atoms with E-state index in [-0.39, 0.29) is 17.0 Å². The van der Waals surface area contributed by atoms with Gasteiger partial charge in [0.05, 0.1) is 36.8 Å². The molecule has 34 heavy (non-hydrogen) atoms. The van der Waals surface area contributed by atoms with Crippen LogP contribution in [0, 0.1) is 11.7 Å². The number of halogens is 1. The zero-order chi connectivity index (χ0) is 24.3. The number of ether oxygens (including phenoxy) is 1. The van der Waals surface area contributed by atoms with Crippen molar-refractivity contribution < 1.29 is 17.5 Å². The maximum atomic E-state index is 13.4. The Labute approximate surface area is 206 Å². The second-order valence-electron chi connectivity index (χ2n) is 9.66. The Hall–Kier alpha value is -2.04. The van der Waals surface area contributed by atoms with Gasteiger partial charge in [0.2, 0.25) is 15.0 Å². The van der Waals surface area contributed by atoms with Crippen molar-refractivity contribution in [2.24, 2.45) is 5.92 Å². The second kappa shape index (κ2) is 10.7. The number of nitrogens with one attached hydrogen (secondary N) is 1. The van der Waals surface area contributed by atoms with Crippen LogP contribution in [0.2, 0.25) is 0 Å². The van der Waals surface area contributed by atoms with Gasteiger partial charge in [-0.2, -0.15) is 0 Å². The van der Waals surface area contributed by atoms with E-state index in [2.05, 4.69) is 29.0 Å². The predicted molar refractivity (Wildman–Crippen MR) is 132 cm³/mol. The molecule has 7 nitrogen and oxygen atoms in total. The zero-order valence-corrected chi connectivity index (χ0v) is 21.4. The van der Waals surface area contributed by atoms with E-state index in [1.807, 2.05) is 0 Å². The molecule has 1 saturated heterocycles. The van der Waals surface area contributed by atoms with Crippen LogP contribution in [0.5, 0.6) is 0 Å². The van der Waals surface area contributed by atoms with Crippen LogP contribution in [0.15, 0.2) is 35.6 Å². The summed E-state index contributed by atoms with van der Waals surface area (Å²) in [6, 6.07) is 5.96. The molecule has 2 fully saturated rings. The summed E-state index contributed by atoms with van der Waals surface area (Å²) in [5.41, 5.74) is 1.31. The average Bonchev–Trinajstić information content (AvgIpc) is 3.26. The van der Waals surface area contributed by atoms with Crippen LogP contribution in [0.4, 0.5) is 4.39 Å². The number of nitrogens with zero attached hydrogens (tertiary/aromatic N) is 3. The topological polar surface area (TPSA) is 76.5 Å². The highest BCUT2D eigenvalue weighted by Crippen LogP contribution is 2.24. The average molecular weight is 509 g/mol. The maximum Gasteiger partial charge on any atom is 0.228 e. The van der Waals surface area contributed by atoms with Crippen LogP contribution in [-0.2, 0) is 33.4 Å². The summed E-state index contributed by atoms with van der Waals surface area (Å²) in [5.74, 6) is -0.258. The maximum absolute atomic E-state index is 13.4. The number of thiocarbonyl (C=S) groups is 1. The fraction of sp³-hybridized carbons (Fsp3) is 0.583. The summed E-state index contributed by atoms with van der Waals surface area (Å²) in [7, 11) is -3.76. The number of aromatic nitrogens is 2. The molecule has 1 saturated carbocycles. The van der Waals surface area contributed by atoms with Gasteiger partial charge >= 0.3 is 0 Å². The molecule has 2 aromatic rings. The van der Waals surface area contributed by atoms with E-state index in [9.17, 15) is 12.8 Å². The fourth-order valence-electron chi connectivity index (χ4n) is 4.17. The molecule has 2 aliphatic rings.